The number of imidazole rings is 1. The lowest BCUT2D eigenvalue weighted by Crippen LogP contribution is -2.09. The van der Waals surface area contributed by atoms with E-state index in [1.54, 1.807) is 12.1 Å². The maximum absolute atomic E-state index is 8.76. The summed E-state index contributed by atoms with van der Waals surface area (Å²) in [5.74, 6) is 1.76. The number of aromatic nitrogens is 2. The fourth-order valence-corrected chi connectivity index (χ4v) is 2.36. The normalized spacial score (nSPS) is 10.5. The molecule has 0 bridgehead atoms. The van der Waals surface area contributed by atoms with Gasteiger partial charge in [0, 0.05) is 0 Å². The summed E-state index contributed by atoms with van der Waals surface area (Å²) in [5, 5.41) is 8.76. The number of para-hydroxylation sites is 2. The molecule has 2 aromatic carbocycles. The van der Waals surface area contributed by atoms with Crippen LogP contribution in [-0.4, -0.2) is 16.2 Å². The van der Waals surface area contributed by atoms with Gasteiger partial charge in [-0.1, -0.05) is 12.1 Å². The number of nitriles is 1. The van der Waals surface area contributed by atoms with Crippen LogP contribution in [0.25, 0.3) is 11.0 Å². The molecule has 21 heavy (non-hydrogen) atoms. The van der Waals surface area contributed by atoms with Gasteiger partial charge >= 0.3 is 0 Å². The van der Waals surface area contributed by atoms with Crippen molar-refractivity contribution >= 4 is 11.0 Å². The number of hydrogen-bond donors (Lipinski definition) is 0. The third kappa shape index (κ3) is 2.72. The van der Waals surface area contributed by atoms with E-state index >= 15 is 0 Å². The number of nitrogens with zero attached hydrogens (tertiary/aromatic N) is 3. The third-order valence-electron chi connectivity index (χ3n) is 3.41. The molecular weight excluding hydrogens is 262 g/mol. The Balaban J connectivity index is 1.69. The molecule has 0 aliphatic rings. The van der Waals surface area contributed by atoms with Crippen LogP contribution in [0.3, 0.4) is 0 Å². The molecular formula is C17H15N3O. The van der Waals surface area contributed by atoms with Crippen molar-refractivity contribution in [2.45, 2.75) is 13.5 Å². The van der Waals surface area contributed by atoms with E-state index in [0.29, 0.717) is 12.2 Å². The first-order valence-corrected chi connectivity index (χ1v) is 6.83. The quantitative estimate of drug-likeness (QED) is 0.735. The van der Waals surface area contributed by atoms with E-state index in [2.05, 4.69) is 21.7 Å². The summed E-state index contributed by atoms with van der Waals surface area (Å²) < 4.78 is 7.88. The van der Waals surface area contributed by atoms with Crippen LogP contribution in [-0.2, 0) is 6.54 Å². The first kappa shape index (κ1) is 13.2. The molecule has 0 aliphatic carbocycles. The molecule has 0 atom stereocenters. The minimum Gasteiger partial charge on any atom is -0.492 e. The molecule has 0 saturated carbocycles. The van der Waals surface area contributed by atoms with E-state index in [1.807, 2.05) is 37.3 Å². The lowest BCUT2D eigenvalue weighted by atomic mass is 10.2. The van der Waals surface area contributed by atoms with Crippen molar-refractivity contribution in [3.05, 3.63) is 59.9 Å². The van der Waals surface area contributed by atoms with Crippen LogP contribution in [0.5, 0.6) is 5.75 Å². The maximum atomic E-state index is 8.76. The van der Waals surface area contributed by atoms with E-state index in [4.69, 9.17) is 10.00 Å². The summed E-state index contributed by atoms with van der Waals surface area (Å²) in [4.78, 5) is 4.53. The molecule has 0 aliphatic heterocycles. The van der Waals surface area contributed by atoms with E-state index in [0.717, 1.165) is 29.2 Å². The molecule has 3 rings (SSSR count). The van der Waals surface area contributed by atoms with Crippen molar-refractivity contribution in [1.82, 2.24) is 9.55 Å². The molecule has 0 spiro atoms. The Morgan fingerprint density at radius 2 is 1.90 bits per heavy atom. The highest BCUT2D eigenvalue weighted by Gasteiger charge is 2.06. The summed E-state index contributed by atoms with van der Waals surface area (Å²) in [6.07, 6.45) is 0. The molecule has 4 heteroatoms. The average Bonchev–Trinajstić information content (AvgIpc) is 2.84. The molecule has 104 valence electrons. The zero-order valence-electron chi connectivity index (χ0n) is 11.8. The third-order valence-corrected chi connectivity index (χ3v) is 3.41. The van der Waals surface area contributed by atoms with Crippen molar-refractivity contribution < 1.29 is 4.74 Å². The van der Waals surface area contributed by atoms with Gasteiger partial charge in [-0.15, -0.1) is 0 Å². The summed E-state index contributed by atoms with van der Waals surface area (Å²) in [6, 6.07) is 17.3. The summed E-state index contributed by atoms with van der Waals surface area (Å²) in [6.45, 7) is 3.31. The van der Waals surface area contributed by atoms with Crippen molar-refractivity contribution in [2.75, 3.05) is 6.61 Å². The van der Waals surface area contributed by atoms with Gasteiger partial charge in [-0.25, -0.2) is 4.98 Å². The number of ether oxygens (including phenoxy) is 1. The Morgan fingerprint density at radius 1 is 1.14 bits per heavy atom. The average molecular weight is 277 g/mol. The monoisotopic (exact) mass is 277 g/mol. The molecule has 3 aromatic rings. The lowest BCUT2D eigenvalue weighted by molar-refractivity contribution is 0.299. The van der Waals surface area contributed by atoms with Crippen molar-refractivity contribution in [2.24, 2.45) is 0 Å². The van der Waals surface area contributed by atoms with Crippen LogP contribution in [0, 0.1) is 18.3 Å². The van der Waals surface area contributed by atoms with Gasteiger partial charge in [-0.3, -0.25) is 0 Å². The second-order valence-electron chi connectivity index (χ2n) is 4.78. The number of aryl methyl sites for hydroxylation is 1. The highest BCUT2D eigenvalue weighted by Crippen LogP contribution is 2.16. The van der Waals surface area contributed by atoms with Gasteiger partial charge in [0.15, 0.2) is 0 Å². The molecule has 0 N–H and O–H groups in total. The summed E-state index contributed by atoms with van der Waals surface area (Å²) in [7, 11) is 0. The predicted molar refractivity (Wildman–Crippen MR) is 81.1 cm³/mol. The minimum atomic E-state index is 0.563. The number of rotatable bonds is 4. The van der Waals surface area contributed by atoms with Crippen LogP contribution < -0.4 is 4.74 Å². The van der Waals surface area contributed by atoms with Crippen LogP contribution in [0.2, 0.25) is 0 Å². The molecule has 0 radical (unpaired) electrons. The molecule has 0 unspecified atom stereocenters. The Morgan fingerprint density at radius 3 is 2.67 bits per heavy atom. The highest BCUT2D eigenvalue weighted by molar-refractivity contribution is 5.75. The fraction of sp³-hybridized carbons (Fsp3) is 0.176. The Labute approximate surface area is 123 Å². The zero-order chi connectivity index (χ0) is 14.7. The molecule has 1 aromatic heterocycles. The fourth-order valence-electron chi connectivity index (χ4n) is 2.36. The predicted octanol–water partition coefficient (Wildman–Crippen LogP) is 3.30. The molecule has 0 amide bonds. The van der Waals surface area contributed by atoms with Gasteiger partial charge in [-0.2, -0.15) is 5.26 Å². The summed E-state index contributed by atoms with van der Waals surface area (Å²) in [5.41, 5.74) is 2.77. The van der Waals surface area contributed by atoms with Gasteiger partial charge in [0.2, 0.25) is 0 Å². The van der Waals surface area contributed by atoms with Crippen LogP contribution in [0.1, 0.15) is 11.4 Å². The second kappa shape index (κ2) is 5.68. The lowest BCUT2D eigenvalue weighted by Gasteiger charge is -2.09. The molecule has 0 saturated heterocycles. The maximum Gasteiger partial charge on any atom is 0.119 e. The van der Waals surface area contributed by atoms with E-state index < -0.39 is 0 Å². The second-order valence-corrected chi connectivity index (χ2v) is 4.78. The van der Waals surface area contributed by atoms with Crippen molar-refractivity contribution in [3.8, 4) is 11.8 Å². The molecule has 1 heterocycles. The largest absolute Gasteiger partial charge is 0.492 e. The first-order valence-electron chi connectivity index (χ1n) is 6.83. The first-order chi connectivity index (χ1) is 10.3. The van der Waals surface area contributed by atoms with Gasteiger partial charge in [0.05, 0.1) is 29.2 Å². The Bertz CT molecular complexity index is 797. The number of fused-ring (bicyclic) bond motifs is 1. The molecule has 4 nitrogen and oxygen atoms in total. The SMILES string of the molecule is Cc1nc2ccccc2n1CCOc1ccc(C#N)cc1. The van der Waals surface area contributed by atoms with Crippen molar-refractivity contribution in [3.63, 3.8) is 0 Å². The van der Waals surface area contributed by atoms with Gasteiger partial charge in [0.25, 0.3) is 0 Å². The van der Waals surface area contributed by atoms with Crippen LogP contribution in [0.4, 0.5) is 0 Å². The zero-order valence-corrected chi connectivity index (χ0v) is 11.8. The van der Waals surface area contributed by atoms with Crippen LogP contribution in [0.15, 0.2) is 48.5 Å². The van der Waals surface area contributed by atoms with Crippen molar-refractivity contribution in [1.29, 1.82) is 5.26 Å². The van der Waals surface area contributed by atoms with Crippen LogP contribution >= 0.6 is 0 Å². The summed E-state index contributed by atoms with van der Waals surface area (Å²) >= 11 is 0. The standard InChI is InChI=1S/C17H15N3O/c1-13-19-16-4-2-3-5-17(16)20(13)10-11-21-15-8-6-14(12-18)7-9-15/h2-9H,10-11H2,1H3. The number of hydrogen-bond acceptors (Lipinski definition) is 3. The molecule has 0 fully saturated rings. The number of benzene rings is 2. The highest BCUT2D eigenvalue weighted by atomic mass is 16.5. The van der Waals surface area contributed by atoms with E-state index in [9.17, 15) is 0 Å². The van der Waals surface area contributed by atoms with Gasteiger partial charge < -0.3 is 9.30 Å². The smallest absolute Gasteiger partial charge is 0.119 e. The Hall–Kier alpha value is -2.80. The topological polar surface area (TPSA) is 50.8 Å². The van der Waals surface area contributed by atoms with E-state index in [-0.39, 0.29) is 0 Å². The minimum absolute atomic E-state index is 0.563. The van der Waals surface area contributed by atoms with Gasteiger partial charge in [0.1, 0.15) is 18.2 Å². The Kier molecular flexibility index (Phi) is 3.57. The van der Waals surface area contributed by atoms with Gasteiger partial charge in [-0.05, 0) is 43.3 Å². The van der Waals surface area contributed by atoms with E-state index in [1.165, 1.54) is 0 Å².